The highest BCUT2D eigenvalue weighted by molar-refractivity contribution is 5.77. The lowest BCUT2D eigenvalue weighted by Gasteiger charge is -2.39. The molecule has 2 heterocycles. The Labute approximate surface area is 114 Å². The highest BCUT2D eigenvalue weighted by Crippen LogP contribution is 2.23. The fraction of sp³-hybridized carbons (Fsp3) is 0.714. The second-order valence-corrected chi connectivity index (χ2v) is 5.67. The van der Waals surface area contributed by atoms with Crippen molar-refractivity contribution in [2.75, 3.05) is 5.73 Å². The Kier molecular flexibility index (Phi) is 3.83. The highest BCUT2D eigenvalue weighted by atomic mass is 16.2. The van der Waals surface area contributed by atoms with Crippen LogP contribution in [0.25, 0.3) is 0 Å². The van der Waals surface area contributed by atoms with Crippen LogP contribution in [0.15, 0.2) is 0 Å². The minimum atomic E-state index is 0.144. The number of aromatic nitrogens is 2. The van der Waals surface area contributed by atoms with Crippen LogP contribution in [0.5, 0.6) is 0 Å². The number of hydrogen-bond acceptors (Lipinski definition) is 3. The van der Waals surface area contributed by atoms with Crippen molar-refractivity contribution in [3.63, 3.8) is 0 Å². The molecule has 1 saturated heterocycles. The van der Waals surface area contributed by atoms with Gasteiger partial charge >= 0.3 is 0 Å². The normalized spacial score (nSPS) is 23.7. The zero-order valence-corrected chi connectivity index (χ0v) is 12.3. The van der Waals surface area contributed by atoms with Gasteiger partial charge < -0.3 is 10.6 Å². The van der Waals surface area contributed by atoms with Crippen molar-refractivity contribution in [3.8, 4) is 0 Å². The summed E-state index contributed by atoms with van der Waals surface area (Å²) in [6.07, 6.45) is 3.39. The average molecular weight is 264 g/mol. The van der Waals surface area contributed by atoms with Crippen molar-refractivity contribution in [2.45, 2.75) is 65.6 Å². The first-order chi connectivity index (χ1) is 8.91. The van der Waals surface area contributed by atoms with Gasteiger partial charge in [0.25, 0.3) is 0 Å². The number of aryl methyl sites for hydroxylation is 1. The van der Waals surface area contributed by atoms with E-state index in [0.29, 0.717) is 24.3 Å². The lowest BCUT2D eigenvalue weighted by Crippen LogP contribution is -2.48. The lowest BCUT2D eigenvalue weighted by molar-refractivity contribution is -0.138. The van der Waals surface area contributed by atoms with Crippen molar-refractivity contribution in [3.05, 3.63) is 11.4 Å². The van der Waals surface area contributed by atoms with Crippen molar-refractivity contribution >= 4 is 11.6 Å². The molecule has 106 valence electrons. The van der Waals surface area contributed by atoms with Gasteiger partial charge in [0.05, 0.1) is 17.1 Å². The third-order valence-corrected chi connectivity index (χ3v) is 4.20. The van der Waals surface area contributed by atoms with E-state index < -0.39 is 0 Å². The molecular formula is C14H24N4O. The minimum Gasteiger partial charge on any atom is -0.396 e. The second-order valence-electron chi connectivity index (χ2n) is 5.67. The number of nitrogen functional groups attached to an aromatic ring is 1. The molecule has 2 atom stereocenters. The topological polar surface area (TPSA) is 64.2 Å². The maximum Gasteiger partial charge on any atom is 0.244 e. The van der Waals surface area contributed by atoms with Gasteiger partial charge in [-0.25, -0.2) is 0 Å². The Bertz CT molecular complexity index is 470. The maximum absolute atomic E-state index is 12.5. The van der Waals surface area contributed by atoms with Crippen LogP contribution in [0.1, 0.15) is 44.5 Å². The van der Waals surface area contributed by atoms with E-state index in [9.17, 15) is 4.79 Å². The molecule has 0 spiro atoms. The number of carbonyl (C=O) groups is 1. The molecule has 0 radical (unpaired) electrons. The number of piperidine rings is 1. The molecule has 0 bridgehead atoms. The predicted octanol–water partition coefficient (Wildman–Crippen LogP) is 1.87. The summed E-state index contributed by atoms with van der Waals surface area (Å²) in [5, 5.41) is 4.34. The van der Waals surface area contributed by atoms with Gasteiger partial charge in [-0.2, -0.15) is 5.10 Å². The summed E-state index contributed by atoms with van der Waals surface area (Å²) in [4.78, 5) is 14.5. The summed E-state index contributed by atoms with van der Waals surface area (Å²) in [7, 11) is 0. The fourth-order valence-corrected chi connectivity index (χ4v) is 2.99. The molecule has 1 aromatic rings. The Morgan fingerprint density at radius 1 is 1.32 bits per heavy atom. The molecule has 0 saturated carbocycles. The van der Waals surface area contributed by atoms with Crippen LogP contribution >= 0.6 is 0 Å². The summed E-state index contributed by atoms with van der Waals surface area (Å²) in [6.45, 7) is 8.33. The van der Waals surface area contributed by atoms with Crippen LogP contribution in [0.4, 0.5) is 5.69 Å². The van der Waals surface area contributed by atoms with Crippen LogP contribution in [-0.4, -0.2) is 32.7 Å². The van der Waals surface area contributed by atoms with Crippen LogP contribution in [0.3, 0.4) is 0 Å². The van der Waals surface area contributed by atoms with E-state index in [1.807, 2.05) is 18.7 Å². The number of nitrogens with two attached hydrogens (primary N) is 1. The van der Waals surface area contributed by atoms with E-state index in [-0.39, 0.29) is 5.91 Å². The summed E-state index contributed by atoms with van der Waals surface area (Å²) in [6, 6.07) is 0.649. The van der Waals surface area contributed by atoms with Gasteiger partial charge in [0.1, 0.15) is 6.54 Å². The van der Waals surface area contributed by atoms with E-state index in [0.717, 1.165) is 24.2 Å². The van der Waals surface area contributed by atoms with E-state index in [4.69, 9.17) is 5.73 Å². The maximum atomic E-state index is 12.5. The number of amides is 1. The molecule has 1 aromatic heterocycles. The molecule has 0 aliphatic carbocycles. The smallest absolute Gasteiger partial charge is 0.244 e. The predicted molar refractivity (Wildman–Crippen MR) is 75.7 cm³/mol. The standard InChI is InChI=1S/C14H24N4O/c1-9-6-5-7-10(2)18(9)13(19)8-17-12(4)14(15)11(3)16-17/h9-10H,5-8,15H2,1-4H3/t9-,10+. The second kappa shape index (κ2) is 5.23. The van der Waals surface area contributed by atoms with E-state index in [1.165, 1.54) is 6.42 Å². The van der Waals surface area contributed by atoms with Crippen molar-refractivity contribution in [1.29, 1.82) is 0 Å². The first-order valence-corrected chi connectivity index (χ1v) is 7.02. The highest BCUT2D eigenvalue weighted by Gasteiger charge is 2.29. The van der Waals surface area contributed by atoms with Crippen LogP contribution in [0.2, 0.25) is 0 Å². The largest absolute Gasteiger partial charge is 0.396 e. The minimum absolute atomic E-state index is 0.144. The number of carbonyl (C=O) groups excluding carboxylic acids is 1. The van der Waals surface area contributed by atoms with Gasteiger partial charge in [0.15, 0.2) is 0 Å². The zero-order valence-electron chi connectivity index (χ0n) is 12.3. The van der Waals surface area contributed by atoms with Gasteiger partial charge in [-0.05, 0) is 47.0 Å². The van der Waals surface area contributed by atoms with Gasteiger partial charge in [-0.15, -0.1) is 0 Å². The molecule has 5 heteroatoms. The molecule has 0 aromatic carbocycles. The number of likely N-dealkylation sites (tertiary alicyclic amines) is 1. The molecule has 19 heavy (non-hydrogen) atoms. The van der Waals surface area contributed by atoms with Gasteiger partial charge in [-0.1, -0.05) is 0 Å². The van der Waals surface area contributed by atoms with Crippen molar-refractivity contribution < 1.29 is 4.79 Å². The zero-order chi connectivity index (χ0) is 14.2. The monoisotopic (exact) mass is 264 g/mol. The van der Waals surface area contributed by atoms with E-state index in [2.05, 4.69) is 18.9 Å². The number of anilines is 1. The molecular weight excluding hydrogens is 240 g/mol. The third-order valence-electron chi connectivity index (χ3n) is 4.20. The fourth-order valence-electron chi connectivity index (χ4n) is 2.99. The van der Waals surface area contributed by atoms with Gasteiger partial charge in [0.2, 0.25) is 5.91 Å². The average Bonchev–Trinajstić information content (AvgIpc) is 2.57. The van der Waals surface area contributed by atoms with E-state index >= 15 is 0 Å². The molecule has 1 fully saturated rings. The number of nitrogens with zero attached hydrogens (tertiary/aromatic N) is 3. The molecule has 2 rings (SSSR count). The van der Waals surface area contributed by atoms with Crippen molar-refractivity contribution in [2.24, 2.45) is 0 Å². The Morgan fingerprint density at radius 2 is 1.89 bits per heavy atom. The third kappa shape index (κ3) is 2.60. The Morgan fingerprint density at radius 3 is 2.37 bits per heavy atom. The number of rotatable bonds is 2. The molecule has 1 aliphatic heterocycles. The Hall–Kier alpha value is -1.52. The number of hydrogen-bond donors (Lipinski definition) is 1. The summed E-state index contributed by atoms with van der Waals surface area (Å²) < 4.78 is 1.72. The first-order valence-electron chi connectivity index (χ1n) is 7.02. The molecule has 1 amide bonds. The summed E-state index contributed by atoms with van der Waals surface area (Å²) >= 11 is 0. The first kappa shape index (κ1) is 13.9. The van der Waals surface area contributed by atoms with Gasteiger partial charge in [-0.3, -0.25) is 9.48 Å². The molecule has 1 aliphatic rings. The summed E-state index contributed by atoms with van der Waals surface area (Å²) in [5.74, 6) is 0.144. The quantitative estimate of drug-likeness (QED) is 0.887. The van der Waals surface area contributed by atoms with Crippen LogP contribution in [0, 0.1) is 13.8 Å². The summed E-state index contributed by atoms with van der Waals surface area (Å²) in [5.41, 5.74) is 8.27. The van der Waals surface area contributed by atoms with Crippen molar-refractivity contribution in [1.82, 2.24) is 14.7 Å². The van der Waals surface area contributed by atoms with E-state index in [1.54, 1.807) is 4.68 Å². The van der Waals surface area contributed by atoms with Crippen LogP contribution < -0.4 is 5.73 Å². The molecule has 5 nitrogen and oxygen atoms in total. The molecule has 2 N–H and O–H groups in total. The van der Waals surface area contributed by atoms with Gasteiger partial charge in [0, 0.05) is 12.1 Å². The Balaban J connectivity index is 2.14. The lowest BCUT2D eigenvalue weighted by atomic mass is 9.97. The van der Waals surface area contributed by atoms with Crippen LogP contribution in [-0.2, 0) is 11.3 Å². The SMILES string of the molecule is Cc1nn(CC(=O)N2[C@H](C)CCC[C@@H]2C)c(C)c1N. The molecule has 0 unspecified atom stereocenters.